The normalized spacial score (nSPS) is 19.5. The number of hydrogen-bond acceptors (Lipinski definition) is 6. The van der Waals surface area contributed by atoms with E-state index in [0.717, 1.165) is 38.2 Å². The molecule has 2 fully saturated rings. The van der Waals surface area contributed by atoms with Gasteiger partial charge in [0, 0.05) is 18.1 Å². The first-order chi connectivity index (χ1) is 16.9. The zero-order valence-electron chi connectivity index (χ0n) is 18.7. The van der Waals surface area contributed by atoms with E-state index in [0.29, 0.717) is 30.4 Å². The number of carbonyl (C=O) groups is 1. The molecule has 0 spiro atoms. The molecule has 2 N–H and O–H groups in total. The highest BCUT2D eigenvalue weighted by molar-refractivity contribution is 5.95. The number of nitrogens with zero attached hydrogens (tertiary/aromatic N) is 6. The van der Waals surface area contributed by atoms with Crippen molar-refractivity contribution in [3.05, 3.63) is 36.2 Å². The fourth-order valence-electron chi connectivity index (χ4n) is 4.61. The minimum atomic E-state index is -4.60. The molecule has 1 aliphatic carbocycles. The lowest BCUT2D eigenvalue weighted by molar-refractivity contribution is -0.136. The largest absolute Gasteiger partial charge is 0.418 e. The molecule has 0 radical (unpaired) electrons. The van der Waals surface area contributed by atoms with Crippen molar-refractivity contribution in [3.63, 3.8) is 0 Å². The number of aromatic nitrogens is 6. The van der Waals surface area contributed by atoms with E-state index in [1.54, 1.807) is 12.3 Å². The van der Waals surface area contributed by atoms with Gasteiger partial charge in [0.05, 0.1) is 28.9 Å². The van der Waals surface area contributed by atoms with E-state index in [1.165, 1.54) is 10.6 Å². The van der Waals surface area contributed by atoms with Crippen LogP contribution in [-0.4, -0.2) is 47.9 Å². The molecule has 0 bridgehead atoms. The van der Waals surface area contributed by atoms with Gasteiger partial charge in [-0.05, 0) is 50.7 Å². The van der Waals surface area contributed by atoms with E-state index < -0.39 is 17.8 Å². The third-order valence-corrected chi connectivity index (χ3v) is 6.75. The molecule has 35 heavy (non-hydrogen) atoms. The maximum absolute atomic E-state index is 13.8. The number of alkyl halides is 3. The average molecular weight is 484 g/mol. The van der Waals surface area contributed by atoms with Crippen LogP contribution in [0.4, 0.5) is 19.1 Å². The van der Waals surface area contributed by atoms with Gasteiger partial charge in [0.1, 0.15) is 6.04 Å². The Labute approximate surface area is 197 Å². The van der Waals surface area contributed by atoms with Gasteiger partial charge < -0.3 is 10.6 Å². The average Bonchev–Trinajstić information content (AvgIpc) is 3.39. The third kappa shape index (κ3) is 3.86. The van der Waals surface area contributed by atoms with Gasteiger partial charge in [-0.25, -0.2) is 9.97 Å². The van der Waals surface area contributed by atoms with Crippen LogP contribution in [0.5, 0.6) is 0 Å². The second-order valence-electron chi connectivity index (χ2n) is 9.08. The SMILES string of the molecule is O=C1NCCCC[C@H]1Nc1nc2c(C(F)(F)F)cccc2c2nc(-c3cnn(C4CCC4)c3)nn12. The van der Waals surface area contributed by atoms with E-state index in [9.17, 15) is 18.0 Å². The number of benzene rings is 1. The zero-order chi connectivity index (χ0) is 24.2. The number of rotatable bonds is 4. The number of hydrogen-bond donors (Lipinski definition) is 2. The van der Waals surface area contributed by atoms with Crippen molar-refractivity contribution in [3.8, 4) is 11.4 Å². The molecule has 2 aliphatic rings. The monoisotopic (exact) mass is 484 g/mol. The van der Waals surface area contributed by atoms with Crippen molar-refractivity contribution in [1.29, 1.82) is 0 Å². The number of carbonyl (C=O) groups excluding carboxylic acids is 1. The van der Waals surface area contributed by atoms with Gasteiger partial charge in [-0.1, -0.05) is 6.07 Å². The Balaban J connectivity index is 1.51. The number of fused-ring (bicyclic) bond motifs is 3. The van der Waals surface area contributed by atoms with Gasteiger partial charge in [0.2, 0.25) is 11.9 Å². The number of anilines is 1. The van der Waals surface area contributed by atoms with Crippen molar-refractivity contribution in [2.24, 2.45) is 0 Å². The summed E-state index contributed by atoms with van der Waals surface area (Å²) in [5.41, 5.74) is -0.218. The molecular formula is C23H23F3N8O. The highest BCUT2D eigenvalue weighted by atomic mass is 19.4. The van der Waals surface area contributed by atoms with Crippen LogP contribution in [0, 0.1) is 0 Å². The smallest absolute Gasteiger partial charge is 0.354 e. The predicted octanol–water partition coefficient (Wildman–Crippen LogP) is 3.97. The van der Waals surface area contributed by atoms with Gasteiger partial charge in [-0.15, -0.1) is 5.10 Å². The summed E-state index contributed by atoms with van der Waals surface area (Å²) in [6, 6.07) is 3.59. The van der Waals surface area contributed by atoms with Gasteiger partial charge in [0.25, 0.3) is 0 Å². The molecule has 1 aliphatic heterocycles. The molecule has 12 heteroatoms. The topological polar surface area (TPSA) is 102 Å². The van der Waals surface area contributed by atoms with E-state index in [2.05, 4.69) is 30.8 Å². The Morgan fingerprint density at radius 3 is 2.71 bits per heavy atom. The maximum Gasteiger partial charge on any atom is 0.418 e. The Kier molecular flexibility index (Phi) is 5.11. The number of para-hydroxylation sites is 1. The lowest BCUT2D eigenvalue weighted by Gasteiger charge is -2.25. The lowest BCUT2D eigenvalue weighted by atomic mass is 9.93. The standard InChI is InChI=1S/C23H23F3N8O/c24-23(25,26)16-8-4-7-15-18(16)30-22(29-17-9-1-2-10-27-21(17)35)34-20(15)31-19(32-34)13-11-28-33(12-13)14-5-3-6-14/h4,7-8,11-12,14,17H,1-3,5-6,9-10H2,(H,27,35)(H,29,30)/t17-/m1/s1. The predicted molar refractivity (Wildman–Crippen MR) is 122 cm³/mol. The minimum absolute atomic E-state index is 0.0383. The summed E-state index contributed by atoms with van der Waals surface area (Å²) in [6.45, 7) is 0.564. The maximum atomic E-state index is 13.8. The van der Waals surface area contributed by atoms with Crippen LogP contribution >= 0.6 is 0 Å². The van der Waals surface area contributed by atoms with Crippen LogP contribution in [0.3, 0.4) is 0 Å². The summed E-state index contributed by atoms with van der Waals surface area (Å²) < 4.78 is 44.8. The molecular weight excluding hydrogens is 461 g/mol. The molecule has 4 heterocycles. The quantitative estimate of drug-likeness (QED) is 0.455. The van der Waals surface area contributed by atoms with Crippen molar-refractivity contribution < 1.29 is 18.0 Å². The zero-order valence-corrected chi connectivity index (χ0v) is 18.7. The summed E-state index contributed by atoms with van der Waals surface area (Å²) in [4.78, 5) is 21.4. The summed E-state index contributed by atoms with van der Waals surface area (Å²) in [5, 5.41) is 15.1. The van der Waals surface area contributed by atoms with Gasteiger partial charge in [-0.2, -0.15) is 22.8 Å². The summed E-state index contributed by atoms with van der Waals surface area (Å²) in [6.07, 6.45) is 4.37. The molecule has 1 atom stereocenters. The van der Waals surface area contributed by atoms with Crippen molar-refractivity contribution in [2.75, 3.05) is 11.9 Å². The Morgan fingerprint density at radius 2 is 1.94 bits per heavy atom. The van der Waals surface area contributed by atoms with Crippen molar-refractivity contribution in [2.45, 2.75) is 56.8 Å². The molecule has 0 unspecified atom stereocenters. The van der Waals surface area contributed by atoms with Gasteiger partial charge >= 0.3 is 6.18 Å². The summed E-state index contributed by atoms with van der Waals surface area (Å²) in [5.74, 6) is 0.149. The molecule has 1 aromatic carbocycles. The lowest BCUT2D eigenvalue weighted by Crippen LogP contribution is -2.38. The molecule has 6 rings (SSSR count). The molecule has 4 aromatic rings. The van der Waals surface area contributed by atoms with E-state index in [-0.39, 0.29) is 28.4 Å². The Morgan fingerprint density at radius 1 is 1.09 bits per heavy atom. The highest BCUT2D eigenvalue weighted by Gasteiger charge is 2.34. The van der Waals surface area contributed by atoms with Gasteiger partial charge in [0.15, 0.2) is 11.5 Å². The fraction of sp³-hybridized carbons (Fsp3) is 0.435. The second-order valence-corrected chi connectivity index (χ2v) is 9.08. The first kappa shape index (κ1) is 21.8. The van der Waals surface area contributed by atoms with Crippen LogP contribution in [0.2, 0.25) is 0 Å². The van der Waals surface area contributed by atoms with Crippen LogP contribution < -0.4 is 10.6 Å². The molecule has 9 nitrogen and oxygen atoms in total. The van der Waals surface area contributed by atoms with Crippen LogP contribution in [0.25, 0.3) is 27.9 Å². The van der Waals surface area contributed by atoms with Crippen LogP contribution in [0.1, 0.15) is 50.1 Å². The van der Waals surface area contributed by atoms with Crippen LogP contribution in [0.15, 0.2) is 30.6 Å². The van der Waals surface area contributed by atoms with Crippen LogP contribution in [-0.2, 0) is 11.0 Å². The second kappa shape index (κ2) is 8.21. The molecule has 1 amide bonds. The Bertz CT molecular complexity index is 1420. The van der Waals surface area contributed by atoms with E-state index >= 15 is 0 Å². The first-order valence-corrected chi connectivity index (χ1v) is 11.7. The fourth-order valence-corrected chi connectivity index (χ4v) is 4.61. The molecule has 1 saturated carbocycles. The summed E-state index contributed by atoms with van der Waals surface area (Å²) in [7, 11) is 0. The third-order valence-electron chi connectivity index (χ3n) is 6.75. The van der Waals surface area contributed by atoms with Crippen molar-refractivity contribution in [1.82, 2.24) is 34.7 Å². The minimum Gasteiger partial charge on any atom is -0.354 e. The van der Waals surface area contributed by atoms with E-state index in [4.69, 9.17) is 0 Å². The highest BCUT2D eigenvalue weighted by Crippen LogP contribution is 2.36. The first-order valence-electron chi connectivity index (χ1n) is 11.7. The number of nitrogens with one attached hydrogen (secondary N) is 2. The molecule has 3 aromatic heterocycles. The summed E-state index contributed by atoms with van der Waals surface area (Å²) >= 11 is 0. The number of halogens is 3. The molecule has 182 valence electrons. The van der Waals surface area contributed by atoms with Crippen molar-refractivity contribution >= 4 is 28.4 Å². The van der Waals surface area contributed by atoms with Gasteiger partial charge in [-0.3, -0.25) is 9.48 Å². The van der Waals surface area contributed by atoms with E-state index in [1.807, 2.05) is 10.9 Å². The molecule has 1 saturated heterocycles. The number of amides is 1. The Hall–Kier alpha value is -3.70.